The number of thiophene rings is 1. The lowest BCUT2D eigenvalue weighted by atomic mass is 10.3. The fourth-order valence-corrected chi connectivity index (χ4v) is 2.64. The molecule has 1 unspecified atom stereocenters. The number of aliphatic hydroxyl groups is 1. The van der Waals surface area contributed by atoms with E-state index < -0.39 is 6.10 Å². The molecule has 4 heteroatoms. The van der Waals surface area contributed by atoms with Crippen LogP contribution in [0.4, 0.5) is 0 Å². The Bertz CT molecular complexity index is 447. The Hall–Kier alpha value is -0.770. The predicted molar refractivity (Wildman–Crippen MR) is 63.5 cm³/mol. The number of rotatable bonds is 3. The molecule has 2 aromatic heterocycles. The van der Waals surface area contributed by atoms with E-state index in [0.29, 0.717) is 0 Å². The average molecular weight is 242 g/mol. The molecule has 0 fully saturated rings. The lowest BCUT2D eigenvalue weighted by Gasteiger charge is -2.09. The molecule has 0 saturated heterocycles. The molecular formula is C11H12ClNOS. The largest absolute Gasteiger partial charge is 0.387 e. The number of halogens is 1. The van der Waals surface area contributed by atoms with Crippen molar-refractivity contribution in [1.29, 1.82) is 0 Å². The zero-order valence-corrected chi connectivity index (χ0v) is 9.92. The first kappa shape index (κ1) is 10.7. The van der Waals surface area contributed by atoms with Crippen molar-refractivity contribution in [3.8, 4) is 0 Å². The second-order valence-corrected chi connectivity index (χ2v) is 5.24. The molecule has 0 bridgehead atoms. The van der Waals surface area contributed by atoms with Crippen molar-refractivity contribution in [1.82, 2.24) is 4.57 Å². The highest BCUT2D eigenvalue weighted by molar-refractivity contribution is 7.16. The average Bonchev–Trinajstić information content (AvgIpc) is 2.75. The summed E-state index contributed by atoms with van der Waals surface area (Å²) in [5.74, 6) is 0. The number of aliphatic hydroxyl groups excluding tert-OH is 1. The molecular weight excluding hydrogens is 230 g/mol. The van der Waals surface area contributed by atoms with E-state index in [2.05, 4.69) is 0 Å². The summed E-state index contributed by atoms with van der Waals surface area (Å²) in [6.07, 6.45) is 1.53. The quantitative estimate of drug-likeness (QED) is 0.877. The molecule has 0 aromatic carbocycles. The maximum absolute atomic E-state index is 9.53. The van der Waals surface area contributed by atoms with E-state index in [1.54, 1.807) is 18.3 Å². The fraction of sp³-hybridized carbons (Fsp3) is 0.273. The van der Waals surface area contributed by atoms with Crippen LogP contribution in [0.2, 0.25) is 4.34 Å². The third-order valence-corrected chi connectivity index (χ3v) is 3.46. The summed E-state index contributed by atoms with van der Waals surface area (Å²) in [5.41, 5.74) is 0.930. The topological polar surface area (TPSA) is 25.2 Å². The van der Waals surface area contributed by atoms with E-state index in [1.165, 1.54) is 4.88 Å². The maximum atomic E-state index is 9.53. The van der Waals surface area contributed by atoms with E-state index in [-0.39, 0.29) is 0 Å². The summed E-state index contributed by atoms with van der Waals surface area (Å²) >= 11 is 7.43. The molecule has 0 saturated carbocycles. The zero-order valence-electron chi connectivity index (χ0n) is 8.35. The molecule has 2 nitrogen and oxygen atoms in total. The third kappa shape index (κ3) is 2.43. The smallest absolute Gasteiger partial charge is 0.0931 e. The predicted octanol–water partition coefficient (Wildman–Crippen LogP) is 3.30. The first-order valence-corrected chi connectivity index (χ1v) is 5.93. The summed E-state index contributed by atoms with van der Waals surface area (Å²) in [5, 5.41) is 9.53. The summed E-state index contributed by atoms with van der Waals surface area (Å²) in [6.45, 7) is 2.54. The molecule has 2 aromatic rings. The minimum Gasteiger partial charge on any atom is -0.387 e. The SMILES string of the molecule is CC(O)c1cccn1Cc1ccc(Cl)s1. The van der Waals surface area contributed by atoms with Gasteiger partial charge in [0.1, 0.15) is 0 Å². The van der Waals surface area contributed by atoms with Crippen LogP contribution in [-0.4, -0.2) is 9.67 Å². The number of hydrogen-bond donors (Lipinski definition) is 1. The Kier molecular flexibility index (Phi) is 3.14. The van der Waals surface area contributed by atoms with Crippen LogP contribution in [0.15, 0.2) is 30.5 Å². The Labute approximate surface area is 97.7 Å². The first-order valence-electron chi connectivity index (χ1n) is 4.74. The molecule has 80 valence electrons. The molecule has 2 rings (SSSR count). The van der Waals surface area contributed by atoms with Gasteiger partial charge in [0.05, 0.1) is 17.0 Å². The third-order valence-electron chi connectivity index (χ3n) is 2.25. The van der Waals surface area contributed by atoms with Crippen LogP contribution in [0.25, 0.3) is 0 Å². The van der Waals surface area contributed by atoms with Gasteiger partial charge in [0.25, 0.3) is 0 Å². The van der Waals surface area contributed by atoms with Crippen molar-refractivity contribution in [2.24, 2.45) is 0 Å². The highest BCUT2D eigenvalue weighted by atomic mass is 35.5. The molecule has 15 heavy (non-hydrogen) atoms. The molecule has 0 aliphatic carbocycles. The first-order chi connectivity index (χ1) is 7.16. The van der Waals surface area contributed by atoms with Gasteiger partial charge >= 0.3 is 0 Å². The Balaban J connectivity index is 2.20. The number of nitrogens with zero attached hydrogens (tertiary/aromatic N) is 1. The van der Waals surface area contributed by atoms with Crippen molar-refractivity contribution in [3.05, 3.63) is 45.4 Å². The Morgan fingerprint density at radius 2 is 2.27 bits per heavy atom. The van der Waals surface area contributed by atoms with Gasteiger partial charge < -0.3 is 9.67 Å². The second-order valence-electron chi connectivity index (χ2n) is 3.44. The van der Waals surface area contributed by atoms with E-state index in [9.17, 15) is 5.11 Å². The molecule has 0 radical (unpaired) electrons. The zero-order chi connectivity index (χ0) is 10.8. The van der Waals surface area contributed by atoms with Gasteiger partial charge in [0.2, 0.25) is 0 Å². The minimum atomic E-state index is -0.435. The maximum Gasteiger partial charge on any atom is 0.0931 e. The van der Waals surface area contributed by atoms with Gasteiger partial charge in [-0.05, 0) is 31.2 Å². The van der Waals surface area contributed by atoms with Gasteiger partial charge in [0.15, 0.2) is 0 Å². The van der Waals surface area contributed by atoms with Gasteiger partial charge in [-0.25, -0.2) is 0 Å². The van der Waals surface area contributed by atoms with Crippen LogP contribution in [-0.2, 0) is 6.54 Å². The van der Waals surface area contributed by atoms with Crippen LogP contribution in [0.5, 0.6) is 0 Å². The summed E-state index contributed by atoms with van der Waals surface area (Å²) < 4.78 is 2.84. The summed E-state index contributed by atoms with van der Waals surface area (Å²) in [7, 11) is 0. The highest BCUT2D eigenvalue weighted by Gasteiger charge is 2.07. The molecule has 1 N–H and O–H groups in total. The Morgan fingerprint density at radius 1 is 1.47 bits per heavy atom. The molecule has 0 amide bonds. The minimum absolute atomic E-state index is 0.435. The van der Waals surface area contributed by atoms with Crippen LogP contribution in [0, 0.1) is 0 Å². The van der Waals surface area contributed by atoms with Gasteiger partial charge in [-0.1, -0.05) is 11.6 Å². The molecule has 0 aliphatic rings. The molecule has 0 aliphatic heterocycles. The van der Waals surface area contributed by atoms with Crippen molar-refractivity contribution in [2.75, 3.05) is 0 Å². The van der Waals surface area contributed by atoms with E-state index in [1.807, 2.05) is 35.0 Å². The lowest BCUT2D eigenvalue weighted by molar-refractivity contribution is 0.190. The summed E-state index contributed by atoms with van der Waals surface area (Å²) in [6, 6.07) is 7.78. The van der Waals surface area contributed by atoms with E-state index >= 15 is 0 Å². The van der Waals surface area contributed by atoms with Crippen molar-refractivity contribution >= 4 is 22.9 Å². The standard InChI is InChI=1S/C11H12ClNOS/c1-8(14)10-3-2-6-13(10)7-9-4-5-11(12)15-9/h2-6,8,14H,7H2,1H3. The van der Waals surface area contributed by atoms with Crippen LogP contribution >= 0.6 is 22.9 Å². The van der Waals surface area contributed by atoms with Crippen LogP contribution in [0.1, 0.15) is 23.6 Å². The second kappa shape index (κ2) is 4.39. The van der Waals surface area contributed by atoms with Crippen LogP contribution in [0.3, 0.4) is 0 Å². The van der Waals surface area contributed by atoms with Crippen molar-refractivity contribution < 1.29 is 5.11 Å². The van der Waals surface area contributed by atoms with Gasteiger partial charge in [-0.3, -0.25) is 0 Å². The van der Waals surface area contributed by atoms with Crippen molar-refractivity contribution in [2.45, 2.75) is 19.6 Å². The highest BCUT2D eigenvalue weighted by Crippen LogP contribution is 2.23. The van der Waals surface area contributed by atoms with Gasteiger partial charge in [0, 0.05) is 16.8 Å². The molecule has 2 heterocycles. The molecule has 0 spiro atoms. The Morgan fingerprint density at radius 3 is 2.87 bits per heavy atom. The lowest BCUT2D eigenvalue weighted by Crippen LogP contribution is -2.04. The van der Waals surface area contributed by atoms with Crippen LogP contribution < -0.4 is 0 Å². The van der Waals surface area contributed by atoms with E-state index in [0.717, 1.165) is 16.6 Å². The molecule has 1 atom stereocenters. The number of aromatic nitrogens is 1. The monoisotopic (exact) mass is 241 g/mol. The van der Waals surface area contributed by atoms with E-state index in [4.69, 9.17) is 11.6 Å². The van der Waals surface area contributed by atoms with Crippen molar-refractivity contribution in [3.63, 3.8) is 0 Å². The normalized spacial score (nSPS) is 13.0. The number of hydrogen-bond acceptors (Lipinski definition) is 2. The fourth-order valence-electron chi connectivity index (χ4n) is 1.56. The van der Waals surface area contributed by atoms with Gasteiger partial charge in [-0.15, -0.1) is 11.3 Å². The summed E-state index contributed by atoms with van der Waals surface area (Å²) in [4.78, 5) is 1.19. The van der Waals surface area contributed by atoms with Gasteiger partial charge in [-0.2, -0.15) is 0 Å².